The van der Waals surface area contributed by atoms with E-state index in [2.05, 4.69) is 61.3 Å². The number of benzene rings is 2. The number of fused-ring (bicyclic) bond motifs is 1. The van der Waals surface area contributed by atoms with Crippen molar-refractivity contribution in [2.24, 2.45) is 56.7 Å². The van der Waals surface area contributed by atoms with E-state index in [0.29, 0.717) is 31.5 Å². The van der Waals surface area contributed by atoms with Gasteiger partial charge in [0.2, 0.25) is 0 Å². The number of aliphatic hydroxyl groups is 2. The average molecular weight is 773 g/mol. The molecule has 2 aromatic rings. The van der Waals surface area contributed by atoms with E-state index in [9.17, 15) is 15.0 Å². The van der Waals surface area contributed by atoms with Crippen LogP contribution in [0.15, 0.2) is 78.4 Å². The molecule has 10 aliphatic carbocycles. The minimum atomic E-state index is -1.12. The molecular weight excluding hydrogens is 709 g/mol. The van der Waals surface area contributed by atoms with Crippen molar-refractivity contribution in [2.75, 3.05) is 20.2 Å². The molecule has 0 aliphatic heterocycles. The van der Waals surface area contributed by atoms with Crippen LogP contribution in [0.3, 0.4) is 0 Å². The number of carbonyl (C=O) groups excluding carboxylic acids is 2. The van der Waals surface area contributed by atoms with Crippen molar-refractivity contribution in [3.05, 3.63) is 89.5 Å². The molecule has 1 unspecified atom stereocenters. The van der Waals surface area contributed by atoms with E-state index in [1.165, 1.54) is 38.5 Å². The van der Waals surface area contributed by atoms with Crippen LogP contribution in [0.5, 0.6) is 5.75 Å². The second-order valence-electron chi connectivity index (χ2n) is 21.2. The average Bonchev–Trinajstić information content (AvgIpc) is 3.46. The number of aliphatic hydroxyl groups excluding tert-OH is 1. The molecule has 7 saturated carbocycles. The zero-order chi connectivity index (χ0) is 39.6. The van der Waals surface area contributed by atoms with E-state index in [-0.39, 0.29) is 45.9 Å². The second kappa shape index (κ2) is 13.0. The van der Waals surface area contributed by atoms with Crippen LogP contribution in [-0.2, 0) is 0 Å². The van der Waals surface area contributed by atoms with Gasteiger partial charge in [0, 0.05) is 33.9 Å². The maximum absolute atomic E-state index is 15.1. The number of amides is 2. The number of urea groups is 1. The fraction of sp³-hybridized carbons (Fsp3) is 0.640. The van der Waals surface area contributed by atoms with Crippen LogP contribution in [0.4, 0.5) is 4.79 Å². The summed E-state index contributed by atoms with van der Waals surface area (Å²) in [5.41, 5.74) is 0.000167. The summed E-state index contributed by atoms with van der Waals surface area (Å²) in [6.07, 6.45) is 19.7. The quantitative estimate of drug-likeness (QED) is 0.174. The zero-order valence-corrected chi connectivity index (χ0v) is 34.6. The van der Waals surface area contributed by atoms with Gasteiger partial charge in [-0.1, -0.05) is 62.4 Å². The monoisotopic (exact) mass is 772 g/mol. The van der Waals surface area contributed by atoms with Crippen molar-refractivity contribution in [1.82, 2.24) is 10.2 Å². The van der Waals surface area contributed by atoms with E-state index >= 15 is 4.79 Å². The molecule has 12 rings (SSSR count). The van der Waals surface area contributed by atoms with Gasteiger partial charge < -0.3 is 25.2 Å². The lowest BCUT2D eigenvalue weighted by Gasteiger charge is -2.71. The lowest BCUT2D eigenvalue weighted by atomic mass is 9.32. The Labute approximate surface area is 339 Å². The molecule has 3 N–H and O–H groups in total. The summed E-state index contributed by atoms with van der Waals surface area (Å²) in [5, 5.41) is 28.0. The minimum absolute atomic E-state index is 0.0214. The highest BCUT2D eigenvalue weighted by molar-refractivity contribution is 6.10. The van der Waals surface area contributed by atoms with Gasteiger partial charge in [-0.05, 0) is 161 Å². The fourth-order valence-corrected chi connectivity index (χ4v) is 16.0. The number of Topliss-reactive ketones (excluding diaryl/α,β-unsaturated/α-hetero) is 1. The Morgan fingerprint density at radius 1 is 0.825 bits per heavy atom. The van der Waals surface area contributed by atoms with Crippen LogP contribution >= 0.6 is 0 Å². The highest BCUT2D eigenvalue weighted by atomic mass is 16.5. The Balaban J connectivity index is 1.02. The SMILES string of the molecule is COc1ccc(C(=O)C2=C[C@@]34C=C[C@@]25[C@@H]2CC[C@@](O)(CN(CC67CC8CC(CC(C8)C6)C7)C(=O)N[C@H](C)c6ccccc6)[C@@]2(C)CC[C@@H]5[C@@]3(C)CCC(O)C4)cc1. The molecule has 10 aliphatic rings. The van der Waals surface area contributed by atoms with Gasteiger partial charge in [0.1, 0.15) is 5.75 Å². The molecule has 0 aromatic heterocycles. The third kappa shape index (κ3) is 5.49. The summed E-state index contributed by atoms with van der Waals surface area (Å²) in [5.74, 6) is 3.30. The predicted octanol–water partition coefficient (Wildman–Crippen LogP) is 9.46. The molecule has 6 bridgehead atoms. The highest BCUT2D eigenvalue weighted by Gasteiger charge is 2.74. The summed E-state index contributed by atoms with van der Waals surface area (Å²) >= 11 is 0. The van der Waals surface area contributed by atoms with Gasteiger partial charge in [0.15, 0.2) is 5.78 Å². The van der Waals surface area contributed by atoms with E-state index in [4.69, 9.17) is 4.74 Å². The van der Waals surface area contributed by atoms with Crippen molar-refractivity contribution in [2.45, 2.75) is 122 Å². The van der Waals surface area contributed by atoms with Crippen molar-refractivity contribution in [3.63, 3.8) is 0 Å². The molecular formula is C50H64N2O5. The molecule has 9 atom stereocenters. The third-order valence-corrected chi connectivity index (χ3v) is 18.4. The van der Waals surface area contributed by atoms with Gasteiger partial charge in [-0.3, -0.25) is 4.79 Å². The van der Waals surface area contributed by atoms with Gasteiger partial charge in [-0.2, -0.15) is 0 Å². The Hall–Kier alpha value is -3.42. The third-order valence-electron chi connectivity index (χ3n) is 18.4. The molecule has 2 amide bonds. The van der Waals surface area contributed by atoms with Crippen LogP contribution in [0, 0.1) is 56.7 Å². The van der Waals surface area contributed by atoms with Crippen LogP contribution in [-0.4, -0.2) is 58.8 Å². The number of hydrogen-bond donors (Lipinski definition) is 3. The summed E-state index contributed by atoms with van der Waals surface area (Å²) in [6.45, 7) is 7.80. The van der Waals surface area contributed by atoms with Gasteiger partial charge in [0.05, 0.1) is 31.4 Å². The fourth-order valence-electron chi connectivity index (χ4n) is 16.0. The molecule has 304 valence electrons. The topological polar surface area (TPSA) is 99.1 Å². The van der Waals surface area contributed by atoms with Gasteiger partial charge in [-0.15, -0.1) is 0 Å². The van der Waals surface area contributed by atoms with E-state index < -0.39 is 22.5 Å². The molecule has 2 spiro atoms. The largest absolute Gasteiger partial charge is 0.497 e. The lowest BCUT2D eigenvalue weighted by molar-refractivity contribution is -0.176. The maximum Gasteiger partial charge on any atom is 0.317 e. The van der Waals surface area contributed by atoms with Crippen LogP contribution in [0.1, 0.15) is 126 Å². The number of rotatable bonds is 9. The Morgan fingerprint density at radius 2 is 1.46 bits per heavy atom. The molecule has 57 heavy (non-hydrogen) atoms. The number of nitrogens with zero attached hydrogens (tertiary/aromatic N) is 1. The Bertz CT molecular complexity index is 1960. The molecule has 0 radical (unpaired) electrons. The Morgan fingerprint density at radius 3 is 2.12 bits per heavy atom. The highest BCUT2D eigenvalue weighted by Crippen LogP contribution is 2.78. The summed E-state index contributed by atoms with van der Waals surface area (Å²) in [7, 11) is 1.64. The number of carbonyl (C=O) groups is 2. The number of allylic oxidation sites excluding steroid dienone is 4. The Kier molecular flexibility index (Phi) is 8.65. The van der Waals surface area contributed by atoms with Crippen molar-refractivity contribution < 1.29 is 24.5 Å². The van der Waals surface area contributed by atoms with E-state index in [1.54, 1.807) is 7.11 Å². The van der Waals surface area contributed by atoms with Gasteiger partial charge in [0.25, 0.3) is 0 Å². The smallest absolute Gasteiger partial charge is 0.317 e. The molecule has 0 saturated heterocycles. The first-order valence-corrected chi connectivity index (χ1v) is 22.4. The molecule has 0 heterocycles. The maximum atomic E-state index is 15.1. The number of hydrogen-bond acceptors (Lipinski definition) is 5. The molecule has 7 heteroatoms. The lowest BCUT2D eigenvalue weighted by Crippen LogP contribution is -2.67. The zero-order valence-electron chi connectivity index (χ0n) is 34.6. The van der Waals surface area contributed by atoms with Crippen LogP contribution < -0.4 is 10.1 Å². The number of ether oxygens (including phenoxy) is 1. The first-order valence-electron chi connectivity index (χ1n) is 22.4. The summed E-state index contributed by atoms with van der Waals surface area (Å²) in [4.78, 5) is 31.9. The normalized spacial score (nSPS) is 43.7. The molecule has 2 aromatic carbocycles. The van der Waals surface area contributed by atoms with Crippen molar-refractivity contribution >= 4 is 11.8 Å². The van der Waals surface area contributed by atoms with Gasteiger partial charge in [-0.25, -0.2) is 4.79 Å². The summed E-state index contributed by atoms with van der Waals surface area (Å²) in [6, 6.07) is 17.5. The molecule has 7 nitrogen and oxygen atoms in total. The van der Waals surface area contributed by atoms with Crippen LogP contribution in [0.2, 0.25) is 0 Å². The number of methoxy groups -OCH3 is 1. The van der Waals surface area contributed by atoms with Crippen LogP contribution in [0.25, 0.3) is 0 Å². The standard InChI is InChI=1S/C50H64N2O5/c1-32(36-8-6-5-7-9-36)51-44(55)52(30-47-25-33-22-34(26-47)24-35(23-33)27-47)31-49(56)19-16-42-46(49,3)18-15-41-45(2)17-14-38(53)28-48(45)20-21-50(41,42)40(29-48)43(54)37-10-12-39(57-4)13-11-37/h5-13,20-21,29,32-35,38,41-42,53,56H,14-19,22-28,30-31H2,1-4H3,(H,51,55)/t32-,33?,34?,35?,38?,41-,42-,45-,46+,47?,48+,49-,50-/m1/s1. The summed E-state index contributed by atoms with van der Waals surface area (Å²) < 4.78 is 5.46. The van der Waals surface area contributed by atoms with Gasteiger partial charge >= 0.3 is 6.03 Å². The minimum Gasteiger partial charge on any atom is -0.497 e. The van der Waals surface area contributed by atoms with Crippen molar-refractivity contribution in [1.29, 1.82) is 0 Å². The van der Waals surface area contributed by atoms with E-state index in [0.717, 1.165) is 66.7 Å². The second-order valence-corrected chi connectivity index (χ2v) is 21.2. The number of nitrogens with one attached hydrogen (secondary N) is 1. The van der Waals surface area contributed by atoms with Crippen molar-refractivity contribution in [3.8, 4) is 5.75 Å². The predicted molar refractivity (Wildman–Crippen MR) is 221 cm³/mol. The van der Waals surface area contributed by atoms with E-state index in [1.807, 2.05) is 42.5 Å². The molecule has 7 fully saturated rings. The first kappa shape index (κ1) is 37.8. The number of ketones is 1. The first-order chi connectivity index (χ1) is 27.2.